The molecule has 16 heavy (non-hydrogen) atoms. The van der Waals surface area contributed by atoms with Crippen molar-refractivity contribution >= 4 is 6.09 Å². The van der Waals surface area contributed by atoms with E-state index in [1.165, 1.54) is 4.90 Å². The summed E-state index contributed by atoms with van der Waals surface area (Å²) >= 11 is 0. The molecule has 0 saturated carbocycles. The Kier molecular flexibility index (Phi) is 5.02. The molecule has 0 aliphatic carbocycles. The number of hydrogen-bond donors (Lipinski definition) is 2. The van der Waals surface area contributed by atoms with Gasteiger partial charge in [-0.05, 0) is 19.3 Å². The molecule has 5 nitrogen and oxygen atoms in total. The topological polar surface area (TPSA) is 75.8 Å². The minimum absolute atomic E-state index is 0.000463. The summed E-state index contributed by atoms with van der Waals surface area (Å²) in [5.74, 6) is 0. The molecule has 5 heteroatoms. The highest BCUT2D eigenvalue weighted by molar-refractivity contribution is 5.65. The fourth-order valence-corrected chi connectivity index (χ4v) is 2.03. The van der Waals surface area contributed by atoms with Crippen molar-refractivity contribution in [2.45, 2.75) is 51.4 Å². The lowest BCUT2D eigenvalue weighted by atomic mass is 10.0. The molecule has 0 bridgehead atoms. The summed E-state index contributed by atoms with van der Waals surface area (Å²) in [6, 6.07) is -0.203. The summed E-state index contributed by atoms with van der Waals surface area (Å²) in [6.07, 6.45) is 2.00. The van der Waals surface area contributed by atoms with E-state index in [2.05, 4.69) is 13.8 Å². The molecule has 94 valence electrons. The Balaban J connectivity index is 2.44. The van der Waals surface area contributed by atoms with Gasteiger partial charge in [-0.15, -0.1) is 0 Å². The summed E-state index contributed by atoms with van der Waals surface area (Å²) in [4.78, 5) is 12.1. The Bertz CT molecular complexity index is 231. The summed E-state index contributed by atoms with van der Waals surface area (Å²) in [7, 11) is 0. The van der Waals surface area contributed by atoms with E-state index in [4.69, 9.17) is 15.6 Å². The van der Waals surface area contributed by atoms with Crippen LogP contribution < -0.4 is 5.73 Å². The van der Waals surface area contributed by atoms with Crippen LogP contribution in [0.2, 0.25) is 0 Å². The highest BCUT2D eigenvalue weighted by atomic mass is 16.5. The maximum absolute atomic E-state index is 10.8. The van der Waals surface area contributed by atoms with Crippen LogP contribution in [0.1, 0.15) is 33.1 Å². The fraction of sp³-hybridized carbons (Fsp3) is 0.909. The molecule has 1 aliphatic rings. The van der Waals surface area contributed by atoms with E-state index >= 15 is 0 Å². The van der Waals surface area contributed by atoms with Crippen LogP contribution in [0, 0.1) is 0 Å². The lowest BCUT2D eigenvalue weighted by Gasteiger charge is -2.36. The highest BCUT2D eigenvalue weighted by Crippen LogP contribution is 2.17. The van der Waals surface area contributed by atoms with E-state index in [1.807, 2.05) is 0 Å². The molecule has 0 aromatic heterocycles. The summed E-state index contributed by atoms with van der Waals surface area (Å²) < 4.78 is 5.89. The normalized spacial score (nSPS) is 26.1. The predicted octanol–water partition coefficient (Wildman–Crippen LogP) is 1.27. The number of amides is 1. The molecule has 0 radical (unpaired) electrons. The second-order valence-electron chi connectivity index (χ2n) is 4.29. The molecule has 1 heterocycles. The molecule has 2 unspecified atom stereocenters. The minimum atomic E-state index is -0.892. The van der Waals surface area contributed by atoms with Crippen molar-refractivity contribution in [2.75, 3.05) is 13.1 Å². The third kappa shape index (κ3) is 3.35. The Hall–Kier alpha value is -0.810. The van der Waals surface area contributed by atoms with E-state index < -0.39 is 6.09 Å². The van der Waals surface area contributed by atoms with Gasteiger partial charge in [0.2, 0.25) is 0 Å². The van der Waals surface area contributed by atoms with E-state index in [0.717, 1.165) is 12.8 Å². The molecule has 0 aromatic rings. The van der Waals surface area contributed by atoms with Gasteiger partial charge in [0.25, 0.3) is 0 Å². The Morgan fingerprint density at radius 2 is 2.19 bits per heavy atom. The Morgan fingerprint density at radius 3 is 2.62 bits per heavy atom. The lowest BCUT2D eigenvalue weighted by molar-refractivity contribution is -0.0523. The number of likely N-dealkylation sites (tertiary alicyclic amines) is 1. The number of nitrogens with zero attached hydrogens (tertiary/aromatic N) is 1. The number of piperidine rings is 1. The number of carbonyl (C=O) groups is 1. The minimum Gasteiger partial charge on any atom is -0.465 e. The summed E-state index contributed by atoms with van der Waals surface area (Å²) in [5, 5.41) is 8.85. The zero-order valence-electron chi connectivity index (χ0n) is 10.1. The maximum atomic E-state index is 10.8. The first kappa shape index (κ1) is 13.3. The number of ether oxygens (including phenoxy) is 1. The first-order valence-corrected chi connectivity index (χ1v) is 5.97. The third-order valence-corrected chi connectivity index (χ3v) is 3.14. The SMILES string of the molecule is CCC(CC)OC1CCN(C(=O)O)CC1N. The Morgan fingerprint density at radius 1 is 1.56 bits per heavy atom. The molecule has 1 aliphatic heterocycles. The van der Waals surface area contributed by atoms with Crippen molar-refractivity contribution in [2.24, 2.45) is 5.73 Å². The predicted molar refractivity (Wildman–Crippen MR) is 61.4 cm³/mol. The van der Waals surface area contributed by atoms with Crippen LogP contribution in [-0.2, 0) is 4.74 Å². The smallest absolute Gasteiger partial charge is 0.407 e. The van der Waals surface area contributed by atoms with E-state index in [0.29, 0.717) is 19.5 Å². The molecule has 1 rings (SSSR count). The van der Waals surface area contributed by atoms with Gasteiger partial charge in [0, 0.05) is 19.1 Å². The van der Waals surface area contributed by atoms with Crippen LogP contribution in [0.3, 0.4) is 0 Å². The van der Waals surface area contributed by atoms with Crippen molar-refractivity contribution in [3.63, 3.8) is 0 Å². The van der Waals surface area contributed by atoms with Gasteiger partial charge in [0.1, 0.15) is 0 Å². The summed E-state index contributed by atoms with van der Waals surface area (Å²) in [6.45, 7) is 5.08. The second-order valence-corrected chi connectivity index (χ2v) is 4.29. The van der Waals surface area contributed by atoms with Crippen LogP contribution in [0.15, 0.2) is 0 Å². The molecule has 1 amide bonds. The molecular weight excluding hydrogens is 208 g/mol. The van der Waals surface area contributed by atoms with Crippen LogP contribution in [0.5, 0.6) is 0 Å². The van der Waals surface area contributed by atoms with Gasteiger partial charge in [-0.1, -0.05) is 13.8 Å². The first-order chi connectivity index (χ1) is 7.58. The first-order valence-electron chi connectivity index (χ1n) is 5.97. The molecule has 0 spiro atoms. The van der Waals surface area contributed by atoms with Crippen molar-refractivity contribution in [3.8, 4) is 0 Å². The number of hydrogen-bond acceptors (Lipinski definition) is 3. The molecular formula is C11H22N2O3. The van der Waals surface area contributed by atoms with Gasteiger partial charge in [-0.2, -0.15) is 0 Å². The number of rotatable bonds is 4. The maximum Gasteiger partial charge on any atom is 0.407 e. The molecule has 3 N–H and O–H groups in total. The standard InChI is InChI=1S/C11H22N2O3/c1-3-8(4-2)16-10-5-6-13(11(14)15)7-9(10)12/h8-10H,3-7,12H2,1-2H3,(H,14,15). The molecule has 1 saturated heterocycles. The van der Waals surface area contributed by atoms with Gasteiger partial charge in [-0.25, -0.2) is 4.79 Å². The highest BCUT2D eigenvalue weighted by Gasteiger charge is 2.30. The lowest BCUT2D eigenvalue weighted by Crippen LogP contribution is -2.54. The molecule has 2 atom stereocenters. The second kappa shape index (κ2) is 6.06. The molecule has 0 aromatic carbocycles. The van der Waals surface area contributed by atoms with E-state index in [1.54, 1.807) is 0 Å². The van der Waals surface area contributed by atoms with E-state index in [9.17, 15) is 4.79 Å². The monoisotopic (exact) mass is 230 g/mol. The van der Waals surface area contributed by atoms with Gasteiger partial charge in [0.15, 0.2) is 0 Å². The average Bonchev–Trinajstić information content (AvgIpc) is 2.27. The van der Waals surface area contributed by atoms with Crippen molar-refractivity contribution in [1.29, 1.82) is 0 Å². The van der Waals surface area contributed by atoms with Gasteiger partial charge >= 0.3 is 6.09 Å². The largest absolute Gasteiger partial charge is 0.465 e. The third-order valence-electron chi connectivity index (χ3n) is 3.14. The van der Waals surface area contributed by atoms with Crippen LogP contribution in [-0.4, -0.2) is 47.4 Å². The number of carboxylic acid groups (broad SMARTS) is 1. The van der Waals surface area contributed by atoms with Gasteiger partial charge in [-0.3, -0.25) is 0 Å². The fourth-order valence-electron chi connectivity index (χ4n) is 2.03. The van der Waals surface area contributed by atoms with Crippen LogP contribution in [0.25, 0.3) is 0 Å². The van der Waals surface area contributed by atoms with Crippen LogP contribution >= 0.6 is 0 Å². The average molecular weight is 230 g/mol. The van der Waals surface area contributed by atoms with E-state index in [-0.39, 0.29) is 18.2 Å². The molecule has 1 fully saturated rings. The zero-order chi connectivity index (χ0) is 12.1. The van der Waals surface area contributed by atoms with Crippen molar-refractivity contribution in [3.05, 3.63) is 0 Å². The Labute approximate surface area is 96.6 Å². The number of nitrogens with two attached hydrogens (primary N) is 1. The van der Waals surface area contributed by atoms with Crippen molar-refractivity contribution in [1.82, 2.24) is 4.90 Å². The van der Waals surface area contributed by atoms with Gasteiger partial charge in [0.05, 0.1) is 12.2 Å². The quantitative estimate of drug-likeness (QED) is 0.762. The summed E-state index contributed by atoms with van der Waals surface area (Å²) in [5.41, 5.74) is 5.93. The van der Waals surface area contributed by atoms with Crippen LogP contribution in [0.4, 0.5) is 4.79 Å². The van der Waals surface area contributed by atoms with Crippen molar-refractivity contribution < 1.29 is 14.6 Å². The van der Waals surface area contributed by atoms with Gasteiger partial charge < -0.3 is 20.5 Å². The zero-order valence-corrected chi connectivity index (χ0v) is 10.1.